The van der Waals surface area contributed by atoms with Crippen LogP contribution < -0.4 is 0 Å². The topological polar surface area (TPSA) is 95.7 Å². The highest BCUT2D eigenvalue weighted by atomic mass is 16.4. The number of hydrogen-bond acceptors (Lipinski definition) is 4. The Labute approximate surface area is 146 Å². The number of carboxylic acids is 1. The molecule has 2 amide bonds. The zero-order chi connectivity index (χ0) is 18.2. The molecule has 0 radical (unpaired) electrons. The Bertz CT molecular complexity index is 691. The summed E-state index contributed by atoms with van der Waals surface area (Å²) in [7, 11) is 0. The van der Waals surface area contributed by atoms with Gasteiger partial charge in [0.15, 0.2) is 5.54 Å². The Hall–Kier alpha value is -2.38. The van der Waals surface area contributed by atoms with Crippen LogP contribution in [0.4, 0.5) is 0 Å². The van der Waals surface area contributed by atoms with Crippen LogP contribution in [0.2, 0.25) is 0 Å². The SMILES string of the molecule is Cc1cnn(C2(C(=O)O)CCN(C(=O)[C@H](C)N3CCCC3=O)CC2)c1. The molecule has 25 heavy (non-hydrogen) atoms. The van der Waals surface area contributed by atoms with Gasteiger partial charge in [0, 0.05) is 45.1 Å². The zero-order valence-electron chi connectivity index (χ0n) is 14.6. The fourth-order valence-corrected chi connectivity index (χ4v) is 3.76. The van der Waals surface area contributed by atoms with Crippen molar-refractivity contribution in [3.63, 3.8) is 0 Å². The first-order valence-corrected chi connectivity index (χ1v) is 8.68. The van der Waals surface area contributed by atoms with Crippen molar-refractivity contribution in [3.8, 4) is 0 Å². The largest absolute Gasteiger partial charge is 0.479 e. The Kier molecular flexibility index (Phi) is 4.53. The first-order valence-electron chi connectivity index (χ1n) is 8.68. The molecule has 2 fully saturated rings. The summed E-state index contributed by atoms with van der Waals surface area (Å²) in [6, 6.07) is -0.487. The van der Waals surface area contributed by atoms with E-state index < -0.39 is 17.6 Å². The first-order chi connectivity index (χ1) is 11.8. The van der Waals surface area contributed by atoms with Gasteiger partial charge in [-0.15, -0.1) is 0 Å². The van der Waals surface area contributed by atoms with Gasteiger partial charge in [0.25, 0.3) is 0 Å². The van der Waals surface area contributed by atoms with Gasteiger partial charge < -0.3 is 14.9 Å². The second-order valence-electron chi connectivity index (χ2n) is 6.99. The van der Waals surface area contributed by atoms with Crippen molar-refractivity contribution in [2.45, 2.75) is 51.1 Å². The van der Waals surface area contributed by atoms with Crippen LogP contribution in [0, 0.1) is 6.92 Å². The highest BCUT2D eigenvalue weighted by Gasteiger charge is 2.45. The van der Waals surface area contributed by atoms with Crippen LogP contribution in [0.25, 0.3) is 0 Å². The lowest BCUT2D eigenvalue weighted by atomic mass is 9.87. The van der Waals surface area contributed by atoms with Gasteiger partial charge in [-0.25, -0.2) is 4.79 Å². The van der Waals surface area contributed by atoms with Gasteiger partial charge in [-0.3, -0.25) is 14.3 Å². The quantitative estimate of drug-likeness (QED) is 0.860. The molecule has 8 nitrogen and oxygen atoms in total. The lowest BCUT2D eigenvalue weighted by Crippen LogP contribution is -2.55. The number of aliphatic carboxylic acids is 1. The number of carbonyl (C=O) groups is 3. The van der Waals surface area contributed by atoms with Gasteiger partial charge >= 0.3 is 5.97 Å². The summed E-state index contributed by atoms with van der Waals surface area (Å²) >= 11 is 0. The van der Waals surface area contributed by atoms with E-state index in [9.17, 15) is 19.5 Å². The molecule has 0 bridgehead atoms. The number of nitrogens with zero attached hydrogens (tertiary/aromatic N) is 4. The molecule has 1 aromatic heterocycles. The maximum absolute atomic E-state index is 12.7. The lowest BCUT2D eigenvalue weighted by Gasteiger charge is -2.40. The third-order valence-electron chi connectivity index (χ3n) is 5.39. The predicted octanol–water partition coefficient (Wildman–Crippen LogP) is 0.605. The molecule has 1 atom stereocenters. The van der Waals surface area contributed by atoms with Gasteiger partial charge in [-0.1, -0.05) is 0 Å². The summed E-state index contributed by atoms with van der Waals surface area (Å²) in [5, 5.41) is 14.0. The maximum Gasteiger partial charge on any atom is 0.331 e. The molecule has 2 aliphatic rings. The summed E-state index contributed by atoms with van der Waals surface area (Å²) in [6.07, 6.45) is 5.27. The van der Waals surface area contributed by atoms with Crippen LogP contribution in [0.5, 0.6) is 0 Å². The zero-order valence-corrected chi connectivity index (χ0v) is 14.6. The fourth-order valence-electron chi connectivity index (χ4n) is 3.76. The number of amides is 2. The predicted molar refractivity (Wildman–Crippen MR) is 88.8 cm³/mol. The summed E-state index contributed by atoms with van der Waals surface area (Å²) < 4.78 is 1.51. The second kappa shape index (κ2) is 6.50. The third-order valence-corrected chi connectivity index (χ3v) is 5.39. The summed E-state index contributed by atoms with van der Waals surface area (Å²) in [4.78, 5) is 39.8. The van der Waals surface area contributed by atoms with Crippen molar-refractivity contribution in [1.29, 1.82) is 0 Å². The average molecular weight is 348 g/mol. The number of aryl methyl sites for hydroxylation is 1. The van der Waals surface area contributed by atoms with Crippen LogP contribution in [0.15, 0.2) is 12.4 Å². The number of carboxylic acid groups (broad SMARTS) is 1. The molecule has 3 rings (SSSR count). The van der Waals surface area contributed by atoms with E-state index in [0.29, 0.717) is 38.9 Å². The Morgan fingerprint density at radius 3 is 2.44 bits per heavy atom. The molecular formula is C17H24N4O4. The van der Waals surface area contributed by atoms with E-state index in [1.54, 1.807) is 29.1 Å². The Balaban J connectivity index is 1.70. The van der Waals surface area contributed by atoms with E-state index in [1.165, 1.54) is 4.68 Å². The number of carbonyl (C=O) groups excluding carboxylic acids is 2. The highest BCUT2D eigenvalue weighted by Crippen LogP contribution is 2.31. The van der Waals surface area contributed by atoms with Crippen molar-refractivity contribution in [2.24, 2.45) is 0 Å². The molecule has 3 heterocycles. The van der Waals surface area contributed by atoms with Crippen molar-refractivity contribution in [3.05, 3.63) is 18.0 Å². The van der Waals surface area contributed by atoms with Crippen molar-refractivity contribution in [1.82, 2.24) is 19.6 Å². The van der Waals surface area contributed by atoms with E-state index in [2.05, 4.69) is 5.10 Å². The van der Waals surface area contributed by atoms with Crippen LogP contribution in [-0.4, -0.2) is 68.1 Å². The normalized spacial score (nSPS) is 21.4. The molecule has 1 aromatic rings. The maximum atomic E-state index is 12.7. The molecule has 0 aromatic carbocycles. The molecule has 8 heteroatoms. The van der Waals surface area contributed by atoms with Crippen molar-refractivity contribution >= 4 is 17.8 Å². The monoisotopic (exact) mass is 348 g/mol. The summed E-state index contributed by atoms with van der Waals surface area (Å²) in [6.45, 7) is 4.92. The molecule has 0 aliphatic carbocycles. The molecule has 0 saturated carbocycles. The van der Waals surface area contributed by atoms with Gasteiger partial charge in [0.05, 0.1) is 6.20 Å². The lowest BCUT2D eigenvalue weighted by molar-refractivity contribution is -0.154. The van der Waals surface area contributed by atoms with Gasteiger partial charge in [0.1, 0.15) is 6.04 Å². The molecule has 2 saturated heterocycles. The molecular weight excluding hydrogens is 324 g/mol. The van der Waals surface area contributed by atoms with Crippen LogP contribution in [0.3, 0.4) is 0 Å². The number of aromatic nitrogens is 2. The van der Waals surface area contributed by atoms with E-state index >= 15 is 0 Å². The highest BCUT2D eigenvalue weighted by molar-refractivity contribution is 5.88. The smallest absolute Gasteiger partial charge is 0.331 e. The van der Waals surface area contributed by atoms with Crippen LogP contribution in [0.1, 0.15) is 38.2 Å². The second-order valence-corrected chi connectivity index (χ2v) is 6.99. The van der Waals surface area contributed by atoms with Gasteiger partial charge in [-0.2, -0.15) is 5.10 Å². The van der Waals surface area contributed by atoms with Gasteiger partial charge in [-0.05, 0) is 25.8 Å². The van der Waals surface area contributed by atoms with E-state index in [4.69, 9.17) is 0 Å². The summed E-state index contributed by atoms with van der Waals surface area (Å²) in [5.41, 5.74) is -0.210. The van der Waals surface area contributed by atoms with Crippen molar-refractivity contribution < 1.29 is 19.5 Å². The van der Waals surface area contributed by atoms with Crippen LogP contribution >= 0.6 is 0 Å². The molecule has 1 N–H and O–H groups in total. The molecule has 2 aliphatic heterocycles. The molecule has 0 spiro atoms. The summed E-state index contributed by atoms with van der Waals surface area (Å²) in [5.74, 6) is -1.01. The van der Waals surface area contributed by atoms with E-state index in [0.717, 1.165) is 12.0 Å². The number of hydrogen-bond donors (Lipinski definition) is 1. The number of likely N-dealkylation sites (tertiary alicyclic amines) is 2. The van der Waals surface area contributed by atoms with Gasteiger partial charge in [0.2, 0.25) is 11.8 Å². The fraction of sp³-hybridized carbons (Fsp3) is 0.647. The third kappa shape index (κ3) is 3.01. The first kappa shape index (κ1) is 17.4. The minimum absolute atomic E-state index is 0.0183. The number of rotatable bonds is 4. The Morgan fingerprint density at radius 2 is 1.96 bits per heavy atom. The van der Waals surface area contributed by atoms with Crippen molar-refractivity contribution in [2.75, 3.05) is 19.6 Å². The average Bonchev–Trinajstić information content (AvgIpc) is 3.22. The minimum Gasteiger partial charge on any atom is -0.479 e. The minimum atomic E-state index is -1.11. The molecule has 0 unspecified atom stereocenters. The van der Waals surface area contributed by atoms with Crippen LogP contribution in [-0.2, 0) is 19.9 Å². The Morgan fingerprint density at radius 1 is 1.28 bits per heavy atom. The standard InChI is InChI=1S/C17H24N4O4/c1-12-10-18-21(11-12)17(16(24)25)5-8-19(9-6-17)15(23)13(2)20-7-3-4-14(20)22/h10-11,13H,3-9H2,1-2H3,(H,24,25)/t13-/m0/s1. The van der Waals surface area contributed by atoms with E-state index in [1.807, 2.05) is 6.92 Å². The van der Waals surface area contributed by atoms with E-state index in [-0.39, 0.29) is 11.8 Å². The number of piperidine rings is 1. The molecule has 136 valence electrons.